The number of Topliss-reactive ketones (excluding diaryl/α,β-unsaturated/α-hetero) is 1. The molecule has 0 bridgehead atoms. The highest BCUT2D eigenvalue weighted by atomic mass is 79.9. The van der Waals surface area contributed by atoms with Crippen molar-refractivity contribution in [3.05, 3.63) is 33.8 Å². The number of ether oxygens (including phenoxy) is 1. The Hall–Kier alpha value is -1.30. The van der Waals surface area contributed by atoms with E-state index in [2.05, 4.69) is 20.7 Å². The standard InChI is InChI=1S/C13H11BrF2O3/c1-2-19-12(18)13(11(15)16)6-8-7(10(13)17)4-3-5-9(8)14/h3-5,11H,2,6H2,1H3. The summed E-state index contributed by atoms with van der Waals surface area (Å²) in [6.45, 7) is 1.47. The van der Waals surface area contributed by atoms with Gasteiger partial charge >= 0.3 is 5.97 Å². The minimum Gasteiger partial charge on any atom is -0.465 e. The van der Waals surface area contributed by atoms with Crippen molar-refractivity contribution >= 4 is 27.7 Å². The van der Waals surface area contributed by atoms with Crippen molar-refractivity contribution in [2.75, 3.05) is 6.61 Å². The van der Waals surface area contributed by atoms with Crippen LogP contribution in [0.4, 0.5) is 8.78 Å². The lowest BCUT2D eigenvalue weighted by molar-refractivity contribution is -0.159. The van der Waals surface area contributed by atoms with Crippen molar-refractivity contribution in [3.63, 3.8) is 0 Å². The Labute approximate surface area is 117 Å². The van der Waals surface area contributed by atoms with E-state index >= 15 is 0 Å². The SMILES string of the molecule is CCOC(=O)C1(C(F)F)Cc2c(Br)cccc2C1=O. The van der Waals surface area contributed by atoms with Gasteiger partial charge in [0, 0.05) is 16.5 Å². The summed E-state index contributed by atoms with van der Waals surface area (Å²) in [5.74, 6) is -2.02. The highest BCUT2D eigenvalue weighted by Gasteiger charge is 2.59. The Morgan fingerprint density at radius 1 is 1.53 bits per heavy atom. The third kappa shape index (κ3) is 1.98. The van der Waals surface area contributed by atoms with Gasteiger partial charge in [0.15, 0.2) is 11.2 Å². The molecule has 0 fully saturated rings. The summed E-state index contributed by atoms with van der Waals surface area (Å²) < 4.78 is 32.0. The fraction of sp³-hybridized carbons (Fsp3) is 0.385. The van der Waals surface area contributed by atoms with Crippen LogP contribution in [-0.2, 0) is 16.0 Å². The molecule has 6 heteroatoms. The molecule has 0 aliphatic heterocycles. The molecule has 0 saturated carbocycles. The van der Waals surface area contributed by atoms with Gasteiger partial charge in [0.1, 0.15) is 0 Å². The van der Waals surface area contributed by atoms with Crippen LogP contribution in [0.15, 0.2) is 22.7 Å². The lowest BCUT2D eigenvalue weighted by Gasteiger charge is -2.23. The Morgan fingerprint density at radius 2 is 2.21 bits per heavy atom. The Morgan fingerprint density at radius 3 is 2.74 bits per heavy atom. The van der Waals surface area contributed by atoms with Crippen LogP contribution in [0, 0.1) is 5.41 Å². The molecule has 0 amide bonds. The second-order valence-electron chi connectivity index (χ2n) is 4.26. The second kappa shape index (κ2) is 5.00. The first-order valence-electron chi connectivity index (χ1n) is 5.72. The molecular formula is C13H11BrF2O3. The molecule has 0 radical (unpaired) electrons. The number of hydrogen-bond donors (Lipinski definition) is 0. The summed E-state index contributed by atoms with van der Waals surface area (Å²) >= 11 is 3.21. The van der Waals surface area contributed by atoms with Crippen molar-refractivity contribution in [1.29, 1.82) is 0 Å². The highest BCUT2D eigenvalue weighted by Crippen LogP contribution is 2.44. The van der Waals surface area contributed by atoms with Crippen LogP contribution >= 0.6 is 15.9 Å². The molecule has 0 saturated heterocycles. The number of carbonyl (C=O) groups excluding carboxylic acids is 2. The molecule has 0 spiro atoms. The molecule has 2 rings (SSSR count). The molecule has 1 aromatic carbocycles. The van der Waals surface area contributed by atoms with E-state index in [9.17, 15) is 18.4 Å². The Balaban J connectivity index is 2.54. The minimum atomic E-state index is -3.10. The van der Waals surface area contributed by atoms with E-state index in [1.54, 1.807) is 12.1 Å². The first-order chi connectivity index (χ1) is 8.95. The summed E-state index contributed by atoms with van der Waals surface area (Å²) in [7, 11) is 0. The molecule has 0 aromatic heterocycles. The van der Waals surface area contributed by atoms with Gasteiger partial charge in [0.05, 0.1) is 6.61 Å². The number of rotatable bonds is 3. The maximum absolute atomic E-state index is 13.4. The first kappa shape index (κ1) is 14.1. The van der Waals surface area contributed by atoms with E-state index in [1.165, 1.54) is 13.0 Å². The van der Waals surface area contributed by atoms with E-state index in [1.807, 2.05) is 0 Å². The van der Waals surface area contributed by atoms with Crippen molar-refractivity contribution in [1.82, 2.24) is 0 Å². The predicted molar refractivity (Wildman–Crippen MR) is 67.2 cm³/mol. The molecule has 0 heterocycles. The number of alkyl halides is 2. The molecule has 3 nitrogen and oxygen atoms in total. The van der Waals surface area contributed by atoms with Crippen LogP contribution in [0.25, 0.3) is 0 Å². The molecule has 1 unspecified atom stereocenters. The van der Waals surface area contributed by atoms with Crippen molar-refractivity contribution < 1.29 is 23.1 Å². The molecule has 1 aliphatic carbocycles. The first-order valence-corrected chi connectivity index (χ1v) is 6.52. The lowest BCUT2D eigenvalue weighted by Crippen LogP contribution is -2.45. The molecular weight excluding hydrogens is 322 g/mol. The monoisotopic (exact) mass is 332 g/mol. The average molecular weight is 333 g/mol. The van der Waals surface area contributed by atoms with Gasteiger partial charge < -0.3 is 4.74 Å². The van der Waals surface area contributed by atoms with Gasteiger partial charge in [-0.05, 0) is 18.6 Å². The number of benzene rings is 1. The molecule has 1 aliphatic rings. The molecule has 1 atom stereocenters. The fourth-order valence-electron chi connectivity index (χ4n) is 2.24. The topological polar surface area (TPSA) is 43.4 Å². The maximum atomic E-state index is 13.4. The van der Waals surface area contributed by atoms with Gasteiger partial charge in [0.2, 0.25) is 0 Å². The Kier molecular flexibility index (Phi) is 3.71. The van der Waals surface area contributed by atoms with Gasteiger partial charge in [-0.15, -0.1) is 0 Å². The van der Waals surface area contributed by atoms with E-state index in [4.69, 9.17) is 0 Å². The average Bonchev–Trinajstić information content (AvgIpc) is 2.66. The normalized spacial score (nSPS) is 21.6. The van der Waals surface area contributed by atoms with Crippen LogP contribution in [0.5, 0.6) is 0 Å². The number of esters is 1. The van der Waals surface area contributed by atoms with Gasteiger partial charge in [-0.25, -0.2) is 8.78 Å². The maximum Gasteiger partial charge on any atom is 0.326 e. The molecule has 0 N–H and O–H groups in total. The van der Waals surface area contributed by atoms with Crippen LogP contribution in [0.2, 0.25) is 0 Å². The lowest BCUT2D eigenvalue weighted by atomic mass is 9.84. The summed E-state index contributed by atoms with van der Waals surface area (Å²) in [6, 6.07) is 4.68. The van der Waals surface area contributed by atoms with E-state index in [-0.39, 0.29) is 18.6 Å². The van der Waals surface area contributed by atoms with Gasteiger partial charge in [-0.3, -0.25) is 9.59 Å². The van der Waals surface area contributed by atoms with Crippen molar-refractivity contribution in [2.45, 2.75) is 19.8 Å². The van der Waals surface area contributed by atoms with Crippen LogP contribution in [0.3, 0.4) is 0 Å². The minimum absolute atomic E-state index is 0.0436. The zero-order valence-electron chi connectivity index (χ0n) is 10.1. The highest BCUT2D eigenvalue weighted by molar-refractivity contribution is 9.10. The van der Waals surface area contributed by atoms with Crippen molar-refractivity contribution in [2.24, 2.45) is 5.41 Å². The summed E-state index contributed by atoms with van der Waals surface area (Å²) in [5.41, 5.74) is -1.81. The van der Waals surface area contributed by atoms with Crippen LogP contribution in [0.1, 0.15) is 22.8 Å². The van der Waals surface area contributed by atoms with Crippen LogP contribution < -0.4 is 0 Å². The van der Waals surface area contributed by atoms with E-state index < -0.39 is 23.6 Å². The zero-order valence-corrected chi connectivity index (χ0v) is 11.7. The molecule has 102 valence electrons. The van der Waals surface area contributed by atoms with Gasteiger partial charge in [0.25, 0.3) is 6.43 Å². The van der Waals surface area contributed by atoms with Gasteiger partial charge in [-0.2, -0.15) is 0 Å². The third-order valence-electron chi connectivity index (χ3n) is 3.24. The zero-order chi connectivity index (χ0) is 14.2. The molecule has 1 aromatic rings. The van der Waals surface area contributed by atoms with Crippen LogP contribution in [-0.4, -0.2) is 24.8 Å². The number of halogens is 3. The summed E-state index contributed by atoms with van der Waals surface area (Å²) in [5, 5.41) is 0. The quantitative estimate of drug-likeness (QED) is 0.631. The Bertz CT molecular complexity index is 545. The fourth-order valence-corrected chi connectivity index (χ4v) is 2.75. The largest absolute Gasteiger partial charge is 0.465 e. The number of fused-ring (bicyclic) bond motifs is 1. The summed E-state index contributed by atoms with van der Waals surface area (Å²) in [6.07, 6.45) is -3.43. The molecule has 19 heavy (non-hydrogen) atoms. The smallest absolute Gasteiger partial charge is 0.326 e. The van der Waals surface area contributed by atoms with E-state index in [0.717, 1.165) is 0 Å². The predicted octanol–water partition coefficient (Wildman–Crippen LogP) is 3.00. The van der Waals surface area contributed by atoms with E-state index in [0.29, 0.717) is 10.0 Å². The third-order valence-corrected chi connectivity index (χ3v) is 3.98. The van der Waals surface area contributed by atoms with Crippen molar-refractivity contribution in [3.8, 4) is 0 Å². The van der Waals surface area contributed by atoms with Gasteiger partial charge in [-0.1, -0.05) is 28.1 Å². The number of hydrogen-bond acceptors (Lipinski definition) is 3. The number of carbonyl (C=O) groups is 2. The number of ketones is 1. The summed E-state index contributed by atoms with van der Waals surface area (Å²) in [4.78, 5) is 24.1. The second-order valence-corrected chi connectivity index (χ2v) is 5.12.